The minimum absolute atomic E-state index is 0.0535. The first kappa shape index (κ1) is 16.6. The molecular formula is C16H11ClN4O4. The molecule has 8 nitrogen and oxygen atoms in total. The molecule has 1 amide bonds. The van der Waals surface area contributed by atoms with E-state index < -0.39 is 10.8 Å². The second kappa shape index (κ2) is 6.33. The number of hydrogen-bond donors (Lipinski definition) is 2. The molecule has 1 aromatic heterocycles. The lowest BCUT2D eigenvalue weighted by Crippen LogP contribution is -1.94. The molecule has 0 spiro atoms. The summed E-state index contributed by atoms with van der Waals surface area (Å²) in [6, 6.07) is 8.96. The number of nitrogens with zero attached hydrogens (tertiary/aromatic N) is 3. The van der Waals surface area contributed by atoms with Gasteiger partial charge in [-0.2, -0.15) is 0 Å². The fourth-order valence-corrected chi connectivity index (χ4v) is 2.63. The van der Waals surface area contributed by atoms with E-state index in [-0.39, 0.29) is 27.8 Å². The van der Waals surface area contributed by atoms with Crippen LogP contribution in [0.1, 0.15) is 15.9 Å². The van der Waals surface area contributed by atoms with E-state index in [2.05, 4.69) is 15.2 Å². The first-order chi connectivity index (χ1) is 11.9. The molecule has 0 fully saturated rings. The van der Waals surface area contributed by atoms with Gasteiger partial charge in [-0.25, -0.2) is 0 Å². The van der Waals surface area contributed by atoms with Gasteiger partial charge in [-0.15, -0.1) is 10.2 Å². The van der Waals surface area contributed by atoms with Crippen molar-refractivity contribution >= 4 is 39.8 Å². The number of non-ortho nitro benzene ring substituents is 1. The standard InChI is InChI=1S/C16H11ClN4O4/c1-8-6-9(21(24)25)7-11-13(8)18-16(23)14(11)19-20-15(22)10-4-2-3-5-12(10)17/h2-7,18,23H,1H3. The van der Waals surface area contributed by atoms with Gasteiger partial charge in [-0.3, -0.25) is 14.9 Å². The first-order valence-corrected chi connectivity index (χ1v) is 7.46. The summed E-state index contributed by atoms with van der Waals surface area (Å²) in [5, 5.41) is 28.9. The second-order valence-electron chi connectivity index (χ2n) is 5.25. The number of nitro groups is 1. The minimum atomic E-state index is -0.693. The Morgan fingerprint density at radius 2 is 2.04 bits per heavy atom. The third-order valence-electron chi connectivity index (χ3n) is 3.60. The molecule has 0 atom stereocenters. The van der Waals surface area contributed by atoms with Crippen LogP contribution in [0.4, 0.5) is 11.4 Å². The maximum Gasteiger partial charge on any atom is 0.296 e. The van der Waals surface area contributed by atoms with E-state index >= 15 is 0 Å². The monoisotopic (exact) mass is 358 g/mol. The number of fused-ring (bicyclic) bond motifs is 1. The molecule has 0 aliphatic carbocycles. The number of H-pyrrole nitrogens is 1. The lowest BCUT2D eigenvalue weighted by Gasteiger charge is -1.98. The predicted molar refractivity (Wildman–Crippen MR) is 91.7 cm³/mol. The van der Waals surface area contributed by atoms with Crippen LogP contribution in [0.3, 0.4) is 0 Å². The Bertz CT molecular complexity index is 1040. The first-order valence-electron chi connectivity index (χ1n) is 7.08. The van der Waals surface area contributed by atoms with Crippen molar-refractivity contribution in [3.8, 4) is 5.88 Å². The summed E-state index contributed by atoms with van der Waals surface area (Å²) in [5.74, 6) is -1.03. The molecule has 25 heavy (non-hydrogen) atoms. The van der Waals surface area contributed by atoms with E-state index in [1.54, 1.807) is 25.1 Å². The molecule has 0 saturated heterocycles. The fourth-order valence-electron chi connectivity index (χ4n) is 2.42. The number of benzene rings is 2. The van der Waals surface area contributed by atoms with Crippen LogP contribution in [0.5, 0.6) is 5.88 Å². The average molecular weight is 359 g/mol. The van der Waals surface area contributed by atoms with Gasteiger partial charge in [-0.1, -0.05) is 23.7 Å². The SMILES string of the molecule is Cc1cc([N+](=O)[O-])cc2c(N=NC(=O)c3ccccc3Cl)c(O)[nH]c12. The second-order valence-corrected chi connectivity index (χ2v) is 5.66. The number of halogens is 1. The number of aromatic nitrogens is 1. The van der Waals surface area contributed by atoms with Gasteiger partial charge in [0.25, 0.3) is 11.6 Å². The third kappa shape index (κ3) is 3.07. The van der Waals surface area contributed by atoms with Crippen molar-refractivity contribution in [3.05, 3.63) is 62.7 Å². The molecule has 1 heterocycles. The number of azo groups is 1. The Morgan fingerprint density at radius 1 is 1.32 bits per heavy atom. The smallest absolute Gasteiger partial charge is 0.296 e. The van der Waals surface area contributed by atoms with Crippen LogP contribution >= 0.6 is 11.6 Å². The Hall–Kier alpha value is -3.26. The molecule has 2 N–H and O–H groups in total. The number of carbonyl (C=O) groups is 1. The molecule has 9 heteroatoms. The predicted octanol–water partition coefficient (Wildman–Crippen LogP) is 4.67. The van der Waals surface area contributed by atoms with Crippen molar-refractivity contribution < 1.29 is 14.8 Å². The average Bonchev–Trinajstić information content (AvgIpc) is 2.89. The van der Waals surface area contributed by atoms with Crippen LogP contribution in [0.2, 0.25) is 5.02 Å². The molecule has 3 rings (SSSR count). The molecule has 0 saturated carbocycles. The number of hydrogen-bond acceptors (Lipinski definition) is 5. The highest BCUT2D eigenvalue weighted by molar-refractivity contribution is 6.33. The van der Waals surface area contributed by atoms with Crippen LogP contribution in [-0.2, 0) is 0 Å². The molecule has 2 aromatic carbocycles. The number of rotatable bonds is 3. The quantitative estimate of drug-likeness (QED) is 0.401. The van der Waals surface area contributed by atoms with Crippen molar-refractivity contribution in [2.75, 3.05) is 0 Å². The lowest BCUT2D eigenvalue weighted by molar-refractivity contribution is -0.384. The number of carbonyl (C=O) groups excluding carboxylic acids is 1. The summed E-state index contributed by atoms with van der Waals surface area (Å²) < 4.78 is 0. The summed E-state index contributed by atoms with van der Waals surface area (Å²) in [5.41, 5.74) is 0.982. The highest BCUT2D eigenvalue weighted by Gasteiger charge is 2.18. The van der Waals surface area contributed by atoms with Crippen molar-refractivity contribution in [2.24, 2.45) is 10.2 Å². The Morgan fingerprint density at radius 3 is 2.72 bits per heavy atom. The maximum atomic E-state index is 12.1. The van der Waals surface area contributed by atoms with Crippen LogP contribution in [0.15, 0.2) is 46.6 Å². The Labute approximate surface area is 145 Å². The number of amides is 1. The van der Waals surface area contributed by atoms with Crippen molar-refractivity contribution in [1.82, 2.24) is 4.98 Å². The molecule has 0 aliphatic rings. The van der Waals surface area contributed by atoms with E-state index in [0.717, 1.165) is 0 Å². The molecule has 3 aromatic rings. The summed E-state index contributed by atoms with van der Waals surface area (Å²) >= 11 is 5.93. The van der Waals surface area contributed by atoms with Gasteiger partial charge in [-0.05, 0) is 24.6 Å². The van der Waals surface area contributed by atoms with Crippen LogP contribution in [-0.4, -0.2) is 20.9 Å². The summed E-state index contributed by atoms with van der Waals surface area (Å²) in [6.07, 6.45) is 0. The van der Waals surface area contributed by atoms with E-state index in [1.165, 1.54) is 18.2 Å². The molecule has 0 unspecified atom stereocenters. The number of nitro benzene ring substituents is 1. The lowest BCUT2D eigenvalue weighted by atomic mass is 10.1. The fraction of sp³-hybridized carbons (Fsp3) is 0.0625. The number of aromatic amines is 1. The summed E-state index contributed by atoms with van der Waals surface area (Å²) in [7, 11) is 0. The largest absolute Gasteiger partial charge is 0.493 e. The maximum absolute atomic E-state index is 12.1. The molecule has 0 aliphatic heterocycles. The van der Waals surface area contributed by atoms with E-state index in [4.69, 9.17) is 11.6 Å². The summed E-state index contributed by atoms with van der Waals surface area (Å²) in [6.45, 7) is 1.65. The molecule has 0 bridgehead atoms. The van der Waals surface area contributed by atoms with E-state index in [1.807, 2.05) is 0 Å². The highest BCUT2D eigenvalue weighted by atomic mass is 35.5. The third-order valence-corrected chi connectivity index (χ3v) is 3.93. The molecule has 126 valence electrons. The van der Waals surface area contributed by atoms with Crippen LogP contribution < -0.4 is 0 Å². The number of aryl methyl sites for hydroxylation is 1. The highest BCUT2D eigenvalue weighted by Crippen LogP contribution is 2.39. The van der Waals surface area contributed by atoms with Gasteiger partial charge in [0.1, 0.15) is 0 Å². The zero-order valence-electron chi connectivity index (χ0n) is 12.9. The normalized spacial score (nSPS) is 11.3. The van der Waals surface area contributed by atoms with Crippen LogP contribution in [0, 0.1) is 17.0 Å². The number of nitrogens with one attached hydrogen (secondary N) is 1. The van der Waals surface area contributed by atoms with Gasteiger partial charge in [0.2, 0.25) is 5.88 Å². The van der Waals surface area contributed by atoms with Gasteiger partial charge in [0, 0.05) is 17.5 Å². The van der Waals surface area contributed by atoms with Crippen molar-refractivity contribution in [2.45, 2.75) is 6.92 Å². The Kier molecular flexibility index (Phi) is 4.20. The van der Waals surface area contributed by atoms with Crippen LogP contribution in [0.25, 0.3) is 10.9 Å². The van der Waals surface area contributed by atoms with Gasteiger partial charge in [0.05, 0.1) is 21.0 Å². The van der Waals surface area contributed by atoms with E-state index in [0.29, 0.717) is 16.5 Å². The summed E-state index contributed by atoms with van der Waals surface area (Å²) in [4.78, 5) is 25.2. The zero-order valence-corrected chi connectivity index (χ0v) is 13.6. The molecular weight excluding hydrogens is 348 g/mol. The Balaban J connectivity index is 2.07. The zero-order chi connectivity index (χ0) is 18.1. The van der Waals surface area contributed by atoms with Crippen molar-refractivity contribution in [3.63, 3.8) is 0 Å². The molecule has 0 radical (unpaired) electrons. The van der Waals surface area contributed by atoms with Gasteiger partial charge >= 0.3 is 0 Å². The topological polar surface area (TPSA) is 121 Å². The minimum Gasteiger partial charge on any atom is -0.493 e. The van der Waals surface area contributed by atoms with E-state index in [9.17, 15) is 20.0 Å². The number of aromatic hydroxyl groups is 1. The van der Waals surface area contributed by atoms with Gasteiger partial charge in [0.15, 0.2) is 5.69 Å². The van der Waals surface area contributed by atoms with Crippen molar-refractivity contribution in [1.29, 1.82) is 0 Å². The van der Waals surface area contributed by atoms with Gasteiger partial charge < -0.3 is 10.1 Å².